The first-order valence-electron chi connectivity index (χ1n) is 9.04. The number of Topliss-reactive ketones (excluding diaryl/α,β-unsaturated/α-hetero) is 1. The number of ketones is 1. The number of hydrogen-bond donors (Lipinski definition) is 2. The van der Waals surface area contributed by atoms with E-state index in [0.717, 1.165) is 12.2 Å². The molecule has 1 aliphatic rings. The van der Waals surface area contributed by atoms with E-state index < -0.39 is 5.92 Å². The summed E-state index contributed by atoms with van der Waals surface area (Å²) >= 11 is 1.19. The van der Waals surface area contributed by atoms with Gasteiger partial charge in [-0.2, -0.15) is 0 Å². The Labute approximate surface area is 161 Å². The second-order valence-electron chi connectivity index (χ2n) is 6.85. The van der Waals surface area contributed by atoms with Crippen LogP contribution in [0.25, 0.3) is 0 Å². The lowest BCUT2D eigenvalue weighted by Crippen LogP contribution is -2.35. The molecule has 2 atom stereocenters. The largest absolute Gasteiger partial charge is 0.465 e. The number of thiazole rings is 1. The van der Waals surface area contributed by atoms with E-state index in [-0.39, 0.29) is 36.5 Å². The molecule has 2 aromatic heterocycles. The van der Waals surface area contributed by atoms with Crippen LogP contribution < -0.4 is 10.6 Å². The number of furan rings is 1. The summed E-state index contributed by atoms with van der Waals surface area (Å²) in [5.74, 6) is 0.470. The highest BCUT2D eigenvalue weighted by Crippen LogP contribution is 2.32. The minimum Gasteiger partial charge on any atom is -0.465 e. The minimum atomic E-state index is -0.457. The maximum Gasteiger partial charge on any atom is 0.228 e. The summed E-state index contributed by atoms with van der Waals surface area (Å²) < 4.78 is 5.43. The highest BCUT2D eigenvalue weighted by Gasteiger charge is 2.33. The number of anilines is 1. The highest BCUT2D eigenvalue weighted by atomic mass is 32.1. The molecule has 0 saturated carbocycles. The first kappa shape index (κ1) is 19.3. The van der Waals surface area contributed by atoms with Gasteiger partial charge in [0.2, 0.25) is 11.8 Å². The molecule has 8 heteroatoms. The number of amides is 2. The Kier molecular flexibility index (Phi) is 5.74. The van der Waals surface area contributed by atoms with Gasteiger partial charge >= 0.3 is 0 Å². The number of carbonyl (C=O) groups is 3. The summed E-state index contributed by atoms with van der Waals surface area (Å²) in [5.41, 5.74) is 0.588. The summed E-state index contributed by atoms with van der Waals surface area (Å²) in [7, 11) is 0. The number of carbonyl (C=O) groups excluding carboxylic acids is 3. The smallest absolute Gasteiger partial charge is 0.228 e. The molecule has 2 amide bonds. The standard InChI is InChI=1S/C19H23N3O4S/c1-4-10(2)17(24)22-19-21-14-7-12(8-15(23)16(14)27-19)18(25)20-9-13-6-5-11(3)26-13/h5-6,10,12H,4,7-9H2,1-3H3,(H,20,25)(H,21,22,24). The van der Waals surface area contributed by atoms with Crippen molar-refractivity contribution in [3.8, 4) is 0 Å². The van der Waals surface area contributed by atoms with Gasteiger partial charge in [0.25, 0.3) is 0 Å². The van der Waals surface area contributed by atoms with E-state index in [1.165, 1.54) is 11.3 Å². The summed E-state index contributed by atoms with van der Waals surface area (Å²) in [4.78, 5) is 41.8. The number of nitrogens with zero attached hydrogens (tertiary/aromatic N) is 1. The van der Waals surface area contributed by atoms with Gasteiger partial charge in [-0.1, -0.05) is 25.2 Å². The van der Waals surface area contributed by atoms with E-state index in [1.54, 1.807) is 0 Å². The molecule has 144 valence electrons. The molecule has 0 radical (unpaired) electrons. The fourth-order valence-corrected chi connectivity index (χ4v) is 3.83. The number of aryl methyl sites for hydroxylation is 1. The zero-order valence-corrected chi connectivity index (χ0v) is 16.4. The second-order valence-corrected chi connectivity index (χ2v) is 7.85. The molecule has 7 nitrogen and oxygen atoms in total. The van der Waals surface area contributed by atoms with Crippen LogP contribution in [-0.4, -0.2) is 22.6 Å². The molecule has 1 aliphatic carbocycles. The number of hydrogen-bond acceptors (Lipinski definition) is 6. The third-order valence-corrected chi connectivity index (χ3v) is 5.77. The maximum atomic E-state index is 12.4. The van der Waals surface area contributed by atoms with Crippen molar-refractivity contribution in [2.45, 2.75) is 46.6 Å². The molecule has 3 rings (SSSR count). The fraction of sp³-hybridized carbons (Fsp3) is 0.474. The molecular weight excluding hydrogens is 366 g/mol. The third-order valence-electron chi connectivity index (χ3n) is 4.72. The van der Waals surface area contributed by atoms with Crippen LogP contribution in [0.2, 0.25) is 0 Å². The molecule has 0 fully saturated rings. The Hall–Kier alpha value is -2.48. The molecule has 0 bridgehead atoms. The van der Waals surface area contributed by atoms with Crippen molar-refractivity contribution >= 4 is 34.1 Å². The Morgan fingerprint density at radius 3 is 2.81 bits per heavy atom. The molecule has 2 N–H and O–H groups in total. The van der Waals surface area contributed by atoms with Crippen LogP contribution in [0, 0.1) is 18.8 Å². The molecule has 27 heavy (non-hydrogen) atoms. The molecular formula is C19H23N3O4S. The van der Waals surface area contributed by atoms with E-state index >= 15 is 0 Å². The molecule has 2 heterocycles. The van der Waals surface area contributed by atoms with Crippen LogP contribution in [0.3, 0.4) is 0 Å². The topological polar surface area (TPSA) is 101 Å². The van der Waals surface area contributed by atoms with Crippen molar-refractivity contribution in [2.24, 2.45) is 11.8 Å². The lowest BCUT2D eigenvalue weighted by molar-refractivity contribution is -0.125. The van der Waals surface area contributed by atoms with Crippen molar-refractivity contribution in [3.63, 3.8) is 0 Å². The summed E-state index contributed by atoms with van der Waals surface area (Å²) in [5, 5.41) is 6.00. The Morgan fingerprint density at radius 2 is 2.15 bits per heavy atom. The molecule has 0 spiro atoms. The van der Waals surface area contributed by atoms with Crippen LogP contribution in [0.1, 0.15) is 53.6 Å². The molecule has 0 aliphatic heterocycles. The van der Waals surface area contributed by atoms with Gasteiger partial charge < -0.3 is 15.1 Å². The van der Waals surface area contributed by atoms with E-state index in [9.17, 15) is 14.4 Å². The van der Waals surface area contributed by atoms with Gasteiger partial charge in [-0.25, -0.2) is 4.98 Å². The fourth-order valence-electron chi connectivity index (χ4n) is 2.88. The number of fused-ring (bicyclic) bond motifs is 1. The monoisotopic (exact) mass is 389 g/mol. The van der Waals surface area contributed by atoms with E-state index in [4.69, 9.17) is 4.42 Å². The van der Waals surface area contributed by atoms with Gasteiger partial charge in [-0.05, 0) is 25.5 Å². The number of nitrogens with one attached hydrogen (secondary N) is 2. The van der Waals surface area contributed by atoms with E-state index in [1.807, 2.05) is 32.9 Å². The quantitative estimate of drug-likeness (QED) is 0.790. The minimum absolute atomic E-state index is 0.105. The van der Waals surface area contributed by atoms with Crippen LogP contribution >= 0.6 is 11.3 Å². The van der Waals surface area contributed by atoms with Crippen LogP contribution in [0.5, 0.6) is 0 Å². The summed E-state index contributed by atoms with van der Waals surface area (Å²) in [6, 6.07) is 3.65. The summed E-state index contributed by atoms with van der Waals surface area (Å²) in [6.45, 7) is 5.91. The van der Waals surface area contributed by atoms with Gasteiger partial charge in [0, 0.05) is 18.8 Å². The average Bonchev–Trinajstić information content (AvgIpc) is 3.24. The summed E-state index contributed by atoms with van der Waals surface area (Å²) in [6.07, 6.45) is 1.27. The SMILES string of the molecule is CCC(C)C(=O)Nc1nc2c(s1)C(=O)CC(C(=O)NCc1ccc(C)o1)C2. The van der Waals surface area contributed by atoms with Crippen LogP contribution in [0.4, 0.5) is 5.13 Å². The number of rotatable bonds is 6. The molecule has 2 unspecified atom stereocenters. The molecule has 0 aromatic carbocycles. The lowest BCUT2D eigenvalue weighted by Gasteiger charge is -2.19. The molecule has 2 aromatic rings. The normalized spacial score (nSPS) is 17.3. The van der Waals surface area contributed by atoms with E-state index in [2.05, 4.69) is 15.6 Å². The average molecular weight is 389 g/mol. The van der Waals surface area contributed by atoms with Crippen molar-refractivity contribution in [2.75, 3.05) is 5.32 Å². The van der Waals surface area contributed by atoms with Gasteiger partial charge in [0.1, 0.15) is 11.5 Å². The predicted octanol–water partition coefficient (Wildman–Crippen LogP) is 3.09. The Morgan fingerprint density at radius 1 is 1.37 bits per heavy atom. The van der Waals surface area contributed by atoms with Crippen molar-refractivity contribution in [3.05, 3.63) is 34.2 Å². The van der Waals surface area contributed by atoms with Crippen LogP contribution in [-0.2, 0) is 22.6 Å². The molecule has 0 saturated heterocycles. The second kappa shape index (κ2) is 8.04. The predicted molar refractivity (Wildman–Crippen MR) is 102 cm³/mol. The first-order chi connectivity index (χ1) is 12.9. The van der Waals surface area contributed by atoms with Crippen molar-refractivity contribution in [1.29, 1.82) is 0 Å². The lowest BCUT2D eigenvalue weighted by atomic mass is 9.89. The van der Waals surface area contributed by atoms with Crippen molar-refractivity contribution in [1.82, 2.24) is 10.3 Å². The maximum absolute atomic E-state index is 12.4. The third kappa shape index (κ3) is 4.44. The van der Waals surface area contributed by atoms with Crippen molar-refractivity contribution < 1.29 is 18.8 Å². The van der Waals surface area contributed by atoms with E-state index in [0.29, 0.717) is 27.9 Å². The zero-order valence-electron chi connectivity index (χ0n) is 15.6. The van der Waals surface area contributed by atoms with Crippen LogP contribution in [0.15, 0.2) is 16.5 Å². The Balaban J connectivity index is 1.63. The van der Waals surface area contributed by atoms with Gasteiger partial charge in [0.05, 0.1) is 23.0 Å². The zero-order chi connectivity index (χ0) is 19.6. The Bertz CT molecular complexity index is 870. The first-order valence-corrected chi connectivity index (χ1v) is 9.85. The van der Waals surface area contributed by atoms with Gasteiger partial charge in [-0.3, -0.25) is 14.4 Å². The van der Waals surface area contributed by atoms with Gasteiger partial charge in [-0.15, -0.1) is 0 Å². The van der Waals surface area contributed by atoms with Gasteiger partial charge in [0.15, 0.2) is 10.9 Å². The highest BCUT2D eigenvalue weighted by molar-refractivity contribution is 7.17. The number of aromatic nitrogens is 1.